The zero-order valence-corrected chi connectivity index (χ0v) is 14.6. The highest BCUT2D eigenvalue weighted by Gasteiger charge is 2.34. The lowest BCUT2D eigenvalue weighted by Gasteiger charge is -2.38. The first-order valence-electron chi connectivity index (χ1n) is 8.68. The standard InChI is InChI=1S/C17H29N5O/c1-14-12-15(19-16(18-14)20(2)3)22-10-8-21(9-11-22)13-17(23)6-4-5-7-17/h12,23H,4-11,13H2,1-3H3. The Balaban J connectivity index is 1.60. The molecular weight excluding hydrogens is 290 g/mol. The van der Waals surface area contributed by atoms with E-state index in [1.54, 1.807) is 0 Å². The quantitative estimate of drug-likeness (QED) is 0.902. The van der Waals surface area contributed by atoms with E-state index >= 15 is 0 Å². The van der Waals surface area contributed by atoms with Crippen molar-refractivity contribution in [3.63, 3.8) is 0 Å². The summed E-state index contributed by atoms with van der Waals surface area (Å²) >= 11 is 0. The fraction of sp³-hybridized carbons (Fsp3) is 0.765. The van der Waals surface area contributed by atoms with Crippen LogP contribution >= 0.6 is 0 Å². The van der Waals surface area contributed by atoms with E-state index in [4.69, 9.17) is 0 Å². The van der Waals surface area contributed by atoms with Crippen LogP contribution in [0.25, 0.3) is 0 Å². The Morgan fingerprint density at radius 1 is 1.13 bits per heavy atom. The average molecular weight is 319 g/mol. The zero-order chi connectivity index (χ0) is 16.4. The monoisotopic (exact) mass is 319 g/mol. The first kappa shape index (κ1) is 16.5. The van der Waals surface area contributed by atoms with Crippen LogP contribution in [-0.2, 0) is 0 Å². The van der Waals surface area contributed by atoms with Gasteiger partial charge in [0.15, 0.2) is 0 Å². The maximum Gasteiger partial charge on any atom is 0.226 e. The number of piperazine rings is 1. The van der Waals surface area contributed by atoms with E-state index < -0.39 is 5.60 Å². The second-order valence-corrected chi connectivity index (χ2v) is 7.26. The van der Waals surface area contributed by atoms with Gasteiger partial charge in [-0.05, 0) is 19.8 Å². The normalized spacial score (nSPS) is 21.7. The molecule has 1 N–H and O–H groups in total. The molecule has 1 aliphatic carbocycles. The summed E-state index contributed by atoms with van der Waals surface area (Å²) in [6.45, 7) is 6.74. The maximum atomic E-state index is 10.6. The van der Waals surface area contributed by atoms with Crippen molar-refractivity contribution in [3.8, 4) is 0 Å². The lowest BCUT2D eigenvalue weighted by molar-refractivity contribution is 0.00800. The SMILES string of the molecule is Cc1cc(N2CCN(CC3(O)CCCC3)CC2)nc(N(C)C)n1. The molecule has 23 heavy (non-hydrogen) atoms. The van der Waals surface area contributed by atoms with Crippen molar-refractivity contribution < 1.29 is 5.11 Å². The van der Waals surface area contributed by atoms with Gasteiger partial charge in [-0.2, -0.15) is 4.98 Å². The molecule has 0 bridgehead atoms. The molecule has 0 unspecified atom stereocenters. The number of hydrogen-bond acceptors (Lipinski definition) is 6. The number of aryl methyl sites for hydroxylation is 1. The van der Waals surface area contributed by atoms with Gasteiger partial charge in [-0.3, -0.25) is 4.90 Å². The van der Waals surface area contributed by atoms with E-state index in [0.717, 1.165) is 63.0 Å². The Hall–Kier alpha value is -1.40. The van der Waals surface area contributed by atoms with Crippen LogP contribution in [0.15, 0.2) is 6.07 Å². The molecular formula is C17H29N5O. The van der Waals surface area contributed by atoms with Crippen molar-refractivity contribution in [2.75, 3.05) is 56.6 Å². The highest BCUT2D eigenvalue weighted by Crippen LogP contribution is 2.30. The van der Waals surface area contributed by atoms with E-state index in [1.807, 2.05) is 25.9 Å². The molecule has 6 nitrogen and oxygen atoms in total. The van der Waals surface area contributed by atoms with E-state index in [2.05, 4.69) is 25.8 Å². The van der Waals surface area contributed by atoms with Crippen molar-refractivity contribution in [2.24, 2.45) is 0 Å². The minimum Gasteiger partial charge on any atom is -0.389 e. The van der Waals surface area contributed by atoms with Gasteiger partial charge in [0.2, 0.25) is 5.95 Å². The number of aromatic nitrogens is 2. The van der Waals surface area contributed by atoms with Crippen LogP contribution in [0.4, 0.5) is 11.8 Å². The fourth-order valence-corrected chi connectivity index (χ4v) is 3.64. The van der Waals surface area contributed by atoms with E-state index in [1.165, 1.54) is 12.8 Å². The van der Waals surface area contributed by atoms with Crippen molar-refractivity contribution in [2.45, 2.75) is 38.2 Å². The fourth-order valence-electron chi connectivity index (χ4n) is 3.64. The van der Waals surface area contributed by atoms with Gasteiger partial charge in [0.25, 0.3) is 0 Å². The van der Waals surface area contributed by atoms with Crippen LogP contribution in [0.2, 0.25) is 0 Å². The Morgan fingerprint density at radius 3 is 2.39 bits per heavy atom. The Labute approximate surface area is 139 Å². The molecule has 2 heterocycles. The lowest BCUT2D eigenvalue weighted by Crippen LogP contribution is -2.51. The molecule has 1 saturated heterocycles. The second-order valence-electron chi connectivity index (χ2n) is 7.26. The molecule has 0 radical (unpaired) electrons. The lowest BCUT2D eigenvalue weighted by atomic mass is 10.0. The average Bonchev–Trinajstić information content (AvgIpc) is 2.93. The summed E-state index contributed by atoms with van der Waals surface area (Å²) in [5.74, 6) is 1.78. The molecule has 1 aromatic rings. The molecule has 0 amide bonds. The molecule has 0 aromatic carbocycles. The number of β-amino-alcohol motifs (C(OH)–C–C–N with tert-alkyl or cyclic N) is 1. The molecule has 0 spiro atoms. The largest absolute Gasteiger partial charge is 0.389 e. The smallest absolute Gasteiger partial charge is 0.226 e. The number of anilines is 2. The number of nitrogens with zero attached hydrogens (tertiary/aromatic N) is 5. The third-order valence-electron chi connectivity index (χ3n) is 4.98. The highest BCUT2D eigenvalue weighted by molar-refractivity contribution is 5.45. The summed E-state index contributed by atoms with van der Waals surface area (Å²) in [5.41, 5.74) is 0.563. The van der Waals surface area contributed by atoms with Crippen LogP contribution in [0.1, 0.15) is 31.4 Å². The Bertz CT molecular complexity index is 534. The van der Waals surface area contributed by atoms with Gasteiger partial charge < -0.3 is 14.9 Å². The van der Waals surface area contributed by atoms with Gasteiger partial charge in [0, 0.05) is 58.6 Å². The molecule has 1 aliphatic heterocycles. The van der Waals surface area contributed by atoms with E-state index in [9.17, 15) is 5.11 Å². The van der Waals surface area contributed by atoms with Crippen molar-refractivity contribution in [3.05, 3.63) is 11.8 Å². The van der Waals surface area contributed by atoms with Crippen LogP contribution in [-0.4, -0.2) is 72.4 Å². The molecule has 2 fully saturated rings. The summed E-state index contributed by atoms with van der Waals surface area (Å²) in [6.07, 6.45) is 4.27. The molecule has 1 saturated carbocycles. The first-order chi connectivity index (χ1) is 11.0. The molecule has 6 heteroatoms. The third-order valence-corrected chi connectivity index (χ3v) is 4.98. The van der Waals surface area contributed by atoms with Crippen molar-refractivity contribution >= 4 is 11.8 Å². The predicted molar refractivity (Wildman–Crippen MR) is 93.2 cm³/mol. The maximum absolute atomic E-state index is 10.6. The summed E-state index contributed by atoms with van der Waals surface area (Å²) < 4.78 is 0. The van der Waals surface area contributed by atoms with Crippen LogP contribution in [0.5, 0.6) is 0 Å². The number of hydrogen-bond donors (Lipinski definition) is 1. The first-order valence-corrected chi connectivity index (χ1v) is 8.68. The minimum atomic E-state index is -0.439. The molecule has 128 valence electrons. The predicted octanol–water partition coefficient (Wildman–Crippen LogP) is 1.28. The Kier molecular flexibility index (Phi) is 4.73. The minimum absolute atomic E-state index is 0.439. The van der Waals surface area contributed by atoms with Gasteiger partial charge in [0.1, 0.15) is 5.82 Å². The van der Waals surface area contributed by atoms with Gasteiger partial charge in [-0.1, -0.05) is 12.8 Å². The Morgan fingerprint density at radius 2 is 1.78 bits per heavy atom. The summed E-state index contributed by atoms with van der Waals surface area (Å²) in [7, 11) is 3.94. The molecule has 1 aromatic heterocycles. The van der Waals surface area contributed by atoms with E-state index in [-0.39, 0.29) is 0 Å². The van der Waals surface area contributed by atoms with Crippen molar-refractivity contribution in [1.29, 1.82) is 0 Å². The highest BCUT2D eigenvalue weighted by atomic mass is 16.3. The van der Waals surface area contributed by atoms with Crippen LogP contribution in [0.3, 0.4) is 0 Å². The summed E-state index contributed by atoms with van der Waals surface area (Å²) in [5, 5.41) is 10.6. The zero-order valence-electron chi connectivity index (χ0n) is 14.6. The topological polar surface area (TPSA) is 55.7 Å². The third kappa shape index (κ3) is 3.93. The number of rotatable bonds is 4. The summed E-state index contributed by atoms with van der Waals surface area (Å²) in [4.78, 5) is 15.8. The van der Waals surface area contributed by atoms with Crippen molar-refractivity contribution in [1.82, 2.24) is 14.9 Å². The van der Waals surface area contributed by atoms with E-state index in [0.29, 0.717) is 0 Å². The van der Waals surface area contributed by atoms with Gasteiger partial charge >= 0.3 is 0 Å². The second kappa shape index (κ2) is 6.61. The molecule has 0 atom stereocenters. The van der Waals surface area contributed by atoms with Crippen LogP contribution in [0, 0.1) is 6.92 Å². The van der Waals surface area contributed by atoms with Gasteiger partial charge in [-0.15, -0.1) is 0 Å². The van der Waals surface area contributed by atoms with Crippen LogP contribution < -0.4 is 9.80 Å². The summed E-state index contributed by atoms with van der Waals surface area (Å²) in [6, 6.07) is 2.06. The number of aliphatic hydroxyl groups is 1. The van der Waals surface area contributed by atoms with Gasteiger partial charge in [-0.25, -0.2) is 4.98 Å². The molecule has 2 aliphatic rings. The molecule has 3 rings (SSSR count). The van der Waals surface area contributed by atoms with Gasteiger partial charge in [0.05, 0.1) is 5.60 Å².